The number of aliphatic imine (C=N–C) groups is 1. The average molecular weight is 606 g/mol. The highest BCUT2D eigenvalue weighted by atomic mass is 32.1. The average Bonchev–Trinajstić information content (AvgIpc) is 3.48. The molecule has 1 fully saturated rings. The number of amidine groups is 1. The molecule has 8 nitrogen and oxygen atoms in total. The number of nitrogens with two attached hydrogens (primary N) is 1. The van der Waals surface area contributed by atoms with Gasteiger partial charge in [-0.05, 0) is 61.0 Å². The van der Waals surface area contributed by atoms with Gasteiger partial charge in [0.1, 0.15) is 5.75 Å². The fraction of sp³-hybridized carbons (Fsp3) is 0.529. The fourth-order valence-corrected chi connectivity index (χ4v) is 6.87. The van der Waals surface area contributed by atoms with Crippen molar-refractivity contribution in [3.8, 4) is 5.75 Å². The van der Waals surface area contributed by atoms with Crippen LogP contribution in [0.1, 0.15) is 64.9 Å². The van der Waals surface area contributed by atoms with Crippen molar-refractivity contribution in [3.63, 3.8) is 0 Å². The largest absolute Gasteiger partial charge is 0.494 e. The number of benzene rings is 2. The third-order valence-corrected chi connectivity index (χ3v) is 9.46. The van der Waals surface area contributed by atoms with Crippen molar-refractivity contribution < 1.29 is 14.3 Å². The Morgan fingerprint density at radius 2 is 1.86 bits per heavy atom. The van der Waals surface area contributed by atoms with Gasteiger partial charge in [-0.3, -0.25) is 14.6 Å². The maximum absolute atomic E-state index is 13.1. The number of thiophene rings is 1. The molecule has 9 heteroatoms. The molecular formula is C34H47N5O3S. The summed E-state index contributed by atoms with van der Waals surface area (Å²) in [5.74, 6) is 0.784. The number of nitrogens with zero attached hydrogens (tertiary/aromatic N) is 4. The molecule has 232 valence electrons. The van der Waals surface area contributed by atoms with Gasteiger partial charge < -0.3 is 20.1 Å². The summed E-state index contributed by atoms with van der Waals surface area (Å²) in [6, 6.07) is 15.1. The van der Waals surface area contributed by atoms with Gasteiger partial charge in [0, 0.05) is 66.4 Å². The highest BCUT2D eigenvalue weighted by Gasteiger charge is 2.37. The van der Waals surface area contributed by atoms with Gasteiger partial charge in [-0.15, -0.1) is 11.3 Å². The first kappa shape index (κ1) is 31.1. The molecule has 0 radical (unpaired) electrons. The first-order valence-electron chi connectivity index (χ1n) is 15.8. The molecule has 0 aliphatic carbocycles. The molecule has 2 aliphatic rings. The maximum atomic E-state index is 13.1. The van der Waals surface area contributed by atoms with E-state index >= 15 is 0 Å². The second-order valence-corrected chi connectivity index (χ2v) is 13.2. The molecule has 2 aromatic carbocycles. The van der Waals surface area contributed by atoms with E-state index in [4.69, 9.17) is 15.2 Å². The van der Waals surface area contributed by atoms with E-state index in [1.54, 1.807) is 4.90 Å². The van der Waals surface area contributed by atoms with Gasteiger partial charge in [0.15, 0.2) is 6.73 Å². The Kier molecular flexibility index (Phi) is 10.5. The second-order valence-electron chi connectivity index (χ2n) is 12.3. The first-order valence-corrected chi connectivity index (χ1v) is 16.7. The van der Waals surface area contributed by atoms with Crippen molar-refractivity contribution in [1.82, 2.24) is 4.90 Å². The minimum absolute atomic E-state index is 0.0144. The number of ether oxygens (including phenoxy) is 2. The number of hydrogen-bond acceptors (Lipinski definition) is 7. The Morgan fingerprint density at radius 1 is 1.02 bits per heavy atom. The van der Waals surface area contributed by atoms with E-state index in [-0.39, 0.29) is 24.1 Å². The molecule has 3 heterocycles. The first-order chi connectivity index (χ1) is 20.9. The number of piperazine rings is 1. The van der Waals surface area contributed by atoms with E-state index in [2.05, 4.69) is 71.3 Å². The minimum atomic E-state index is -0.262. The highest BCUT2D eigenvalue weighted by Crippen LogP contribution is 2.42. The van der Waals surface area contributed by atoms with Crippen LogP contribution in [0.25, 0.3) is 10.1 Å². The van der Waals surface area contributed by atoms with Crippen LogP contribution in [0.15, 0.2) is 52.8 Å². The van der Waals surface area contributed by atoms with E-state index in [1.807, 2.05) is 23.5 Å². The Balaban J connectivity index is 1.09. The van der Waals surface area contributed by atoms with E-state index in [1.165, 1.54) is 15.8 Å². The lowest BCUT2D eigenvalue weighted by molar-refractivity contribution is -0.120. The van der Waals surface area contributed by atoms with Crippen LogP contribution in [-0.4, -0.2) is 69.4 Å². The smallest absolute Gasteiger partial charge is 0.283 e. The lowest BCUT2D eigenvalue weighted by atomic mass is 9.77. The zero-order valence-corrected chi connectivity index (χ0v) is 26.8. The number of carbonyl (C=O) groups is 1. The van der Waals surface area contributed by atoms with Crippen molar-refractivity contribution in [3.05, 3.63) is 53.4 Å². The number of hydrogen-bond donors (Lipinski definition) is 1. The lowest BCUT2D eigenvalue weighted by Gasteiger charge is -2.38. The van der Waals surface area contributed by atoms with Crippen LogP contribution in [0.5, 0.6) is 5.75 Å². The molecule has 1 aromatic heterocycles. The summed E-state index contributed by atoms with van der Waals surface area (Å²) in [7, 11) is 0. The third-order valence-electron chi connectivity index (χ3n) is 8.58. The van der Waals surface area contributed by atoms with Crippen LogP contribution in [-0.2, 0) is 14.9 Å². The van der Waals surface area contributed by atoms with Crippen molar-refractivity contribution >= 4 is 44.7 Å². The summed E-state index contributed by atoms with van der Waals surface area (Å²) in [6.07, 6.45) is 5.69. The summed E-state index contributed by atoms with van der Waals surface area (Å²) >= 11 is 1.81. The molecule has 0 saturated carbocycles. The Morgan fingerprint density at radius 3 is 2.67 bits per heavy atom. The predicted molar refractivity (Wildman–Crippen MR) is 179 cm³/mol. The number of anilines is 2. The summed E-state index contributed by atoms with van der Waals surface area (Å²) in [6.45, 7) is 13.1. The molecule has 5 rings (SSSR count). The summed E-state index contributed by atoms with van der Waals surface area (Å²) in [5.41, 5.74) is 9.02. The molecule has 0 bridgehead atoms. The van der Waals surface area contributed by atoms with Gasteiger partial charge in [0.25, 0.3) is 6.02 Å². The number of rotatable bonds is 13. The van der Waals surface area contributed by atoms with Crippen LogP contribution in [0.3, 0.4) is 0 Å². The molecule has 0 spiro atoms. The van der Waals surface area contributed by atoms with E-state index in [0.29, 0.717) is 19.6 Å². The summed E-state index contributed by atoms with van der Waals surface area (Å²) in [5, 5.41) is 3.56. The molecule has 2 N–H and O–H groups in total. The Hall–Kier alpha value is -3.30. The predicted octanol–water partition coefficient (Wildman–Crippen LogP) is 6.38. The summed E-state index contributed by atoms with van der Waals surface area (Å²) in [4.78, 5) is 24.2. The maximum Gasteiger partial charge on any atom is 0.283 e. The molecular weight excluding hydrogens is 558 g/mol. The molecule has 3 aromatic rings. The SMILES string of the molecule is CCCCCN=C(N)OCN1C(=O)CC(C)(C)c2ccc(OCCCCN3CCN(c4cccc5sccc45)CC3)cc21. The Bertz CT molecular complexity index is 1400. The van der Waals surface area contributed by atoms with Gasteiger partial charge in [-0.25, -0.2) is 4.99 Å². The van der Waals surface area contributed by atoms with Crippen LogP contribution >= 0.6 is 11.3 Å². The minimum Gasteiger partial charge on any atom is -0.494 e. The standard InChI is InChI=1S/C34H47N5O3S/c1-4-5-6-15-36-33(35)42-25-39-30-23-26(12-13-28(30)34(2,3)24-32(39)40)41-21-8-7-16-37-17-19-38(20-18-37)29-10-9-11-31-27(29)14-22-43-31/h9-14,22-23H,4-8,15-21,24-25H2,1-3H3,(H2,35,36). The van der Waals surface area contributed by atoms with E-state index in [9.17, 15) is 4.79 Å². The number of unbranched alkanes of at least 4 members (excludes halogenated alkanes) is 3. The van der Waals surface area contributed by atoms with Crippen molar-refractivity contribution in [1.29, 1.82) is 0 Å². The van der Waals surface area contributed by atoms with Crippen LogP contribution in [0.4, 0.5) is 11.4 Å². The lowest BCUT2D eigenvalue weighted by Crippen LogP contribution is -2.46. The van der Waals surface area contributed by atoms with E-state index < -0.39 is 0 Å². The van der Waals surface area contributed by atoms with Crippen molar-refractivity contribution in [2.75, 3.05) is 62.4 Å². The zero-order valence-electron chi connectivity index (χ0n) is 26.0. The van der Waals surface area contributed by atoms with E-state index in [0.717, 1.165) is 81.8 Å². The highest BCUT2D eigenvalue weighted by molar-refractivity contribution is 7.17. The molecule has 1 saturated heterocycles. The molecule has 1 amide bonds. The molecule has 0 unspecified atom stereocenters. The summed E-state index contributed by atoms with van der Waals surface area (Å²) < 4.78 is 13.2. The number of carbonyl (C=O) groups excluding carboxylic acids is 1. The quantitative estimate of drug-likeness (QED) is 0.138. The normalized spacial score (nSPS) is 17.4. The van der Waals surface area contributed by atoms with Gasteiger partial charge in [0.2, 0.25) is 5.91 Å². The third kappa shape index (κ3) is 7.81. The fourth-order valence-electron chi connectivity index (χ4n) is 6.06. The number of fused-ring (bicyclic) bond motifs is 2. The number of amides is 1. The molecule has 0 atom stereocenters. The van der Waals surface area contributed by atoms with Crippen LogP contribution in [0, 0.1) is 0 Å². The van der Waals surface area contributed by atoms with Crippen LogP contribution in [0.2, 0.25) is 0 Å². The molecule has 43 heavy (non-hydrogen) atoms. The van der Waals surface area contributed by atoms with Crippen molar-refractivity contribution in [2.24, 2.45) is 10.7 Å². The van der Waals surface area contributed by atoms with Gasteiger partial charge >= 0.3 is 0 Å². The monoisotopic (exact) mass is 605 g/mol. The van der Waals surface area contributed by atoms with Crippen molar-refractivity contribution in [2.45, 2.75) is 64.7 Å². The topological polar surface area (TPSA) is 83.6 Å². The Labute approximate surface area is 260 Å². The van der Waals surface area contributed by atoms with Crippen LogP contribution < -0.4 is 20.3 Å². The molecule has 2 aliphatic heterocycles. The van der Waals surface area contributed by atoms with Gasteiger partial charge in [-0.1, -0.05) is 45.7 Å². The zero-order chi connectivity index (χ0) is 30.2. The van der Waals surface area contributed by atoms with Gasteiger partial charge in [-0.2, -0.15) is 0 Å². The second kappa shape index (κ2) is 14.4. The van der Waals surface area contributed by atoms with Gasteiger partial charge in [0.05, 0.1) is 12.3 Å².